The number of hydrogen-bond donors (Lipinski definition) is 1. The van der Waals surface area contributed by atoms with Crippen LogP contribution in [0, 0.1) is 6.92 Å². The van der Waals surface area contributed by atoms with Crippen LogP contribution >= 0.6 is 11.8 Å². The standard InChI is InChI=1S/C16H22N4O2S/c1-13-5-3-4-6-14(13)7-8-17-15(21)11-23-16-19-18-12-20(16)9-10-22-2/h3-6,12H,7-11H2,1-2H3,(H,17,21). The molecule has 0 aliphatic carbocycles. The summed E-state index contributed by atoms with van der Waals surface area (Å²) in [6, 6.07) is 8.22. The molecule has 1 N–H and O–H groups in total. The van der Waals surface area contributed by atoms with E-state index in [1.165, 1.54) is 22.9 Å². The summed E-state index contributed by atoms with van der Waals surface area (Å²) >= 11 is 1.38. The van der Waals surface area contributed by atoms with Gasteiger partial charge in [0.15, 0.2) is 5.16 Å². The number of amides is 1. The maximum absolute atomic E-state index is 11.9. The Morgan fingerprint density at radius 3 is 3.00 bits per heavy atom. The SMILES string of the molecule is COCCn1cnnc1SCC(=O)NCCc1ccccc1C. The van der Waals surface area contributed by atoms with E-state index in [1.807, 2.05) is 16.7 Å². The van der Waals surface area contributed by atoms with Crippen LogP contribution in [0.3, 0.4) is 0 Å². The van der Waals surface area contributed by atoms with Crippen molar-refractivity contribution in [1.82, 2.24) is 20.1 Å². The van der Waals surface area contributed by atoms with Gasteiger partial charge in [-0.1, -0.05) is 36.0 Å². The molecule has 0 atom stereocenters. The zero-order valence-corrected chi connectivity index (χ0v) is 14.3. The van der Waals surface area contributed by atoms with Crippen LogP contribution in [0.1, 0.15) is 11.1 Å². The molecule has 0 spiro atoms. The van der Waals surface area contributed by atoms with Gasteiger partial charge < -0.3 is 14.6 Å². The summed E-state index contributed by atoms with van der Waals surface area (Å²) < 4.78 is 6.92. The number of methoxy groups -OCH3 is 1. The Kier molecular flexibility index (Phi) is 7.09. The van der Waals surface area contributed by atoms with Gasteiger partial charge in [0.1, 0.15) is 6.33 Å². The van der Waals surface area contributed by atoms with Crippen molar-refractivity contribution in [2.24, 2.45) is 0 Å². The topological polar surface area (TPSA) is 69.0 Å². The summed E-state index contributed by atoms with van der Waals surface area (Å²) in [5.41, 5.74) is 2.52. The van der Waals surface area contributed by atoms with Gasteiger partial charge in [-0.2, -0.15) is 0 Å². The van der Waals surface area contributed by atoms with Crippen LogP contribution in [0.5, 0.6) is 0 Å². The van der Waals surface area contributed by atoms with Crippen molar-refractivity contribution in [2.45, 2.75) is 25.0 Å². The number of benzene rings is 1. The van der Waals surface area contributed by atoms with Crippen molar-refractivity contribution < 1.29 is 9.53 Å². The Balaban J connectivity index is 1.71. The van der Waals surface area contributed by atoms with Crippen LogP contribution in [-0.2, 0) is 22.5 Å². The van der Waals surface area contributed by atoms with E-state index >= 15 is 0 Å². The minimum atomic E-state index is 0.00451. The molecule has 0 aliphatic rings. The lowest BCUT2D eigenvalue weighted by atomic mass is 10.1. The number of rotatable bonds is 9. The normalized spacial score (nSPS) is 10.7. The fourth-order valence-electron chi connectivity index (χ4n) is 2.11. The van der Waals surface area contributed by atoms with Gasteiger partial charge >= 0.3 is 0 Å². The van der Waals surface area contributed by atoms with Crippen molar-refractivity contribution in [1.29, 1.82) is 0 Å². The van der Waals surface area contributed by atoms with Gasteiger partial charge in [0, 0.05) is 20.2 Å². The van der Waals surface area contributed by atoms with Crippen LogP contribution < -0.4 is 5.32 Å². The van der Waals surface area contributed by atoms with E-state index in [1.54, 1.807) is 13.4 Å². The molecule has 0 bridgehead atoms. The average Bonchev–Trinajstić information content (AvgIpc) is 3.00. The molecule has 0 fully saturated rings. The molecule has 2 rings (SSSR count). The summed E-state index contributed by atoms with van der Waals surface area (Å²) in [5, 5.41) is 11.6. The predicted molar refractivity (Wildman–Crippen MR) is 90.5 cm³/mol. The van der Waals surface area contributed by atoms with Crippen molar-refractivity contribution in [3.63, 3.8) is 0 Å². The summed E-state index contributed by atoms with van der Waals surface area (Å²) in [4.78, 5) is 11.9. The van der Waals surface area contributed by atoms with Gasteiger partial charge in [0.25, 0.3) is 0 Å². The molecule has 0 aliphatic heterocycles. The van der Waals surface area contributed by atoms with Crippen LogP contribution in [0.4, 0.5) is 0 Å². The monoisotopic (exact) mass is 334 g/mol. The van der Waals surface area contributed by atoms with Gasteiger partial charge in [-0.25, -0.2) is 0 Å². The number of aryl methyl sites for hydroxylation is 1. The quantitative estimate of drug-likeness (QED) is 0.707. The van der Waals surface area contributed by atoms with E-state index < -0.39 is 0 Å². The number of nitrogens with one attached hydrogen (secondary N) is 1. The van der Waals surface area contributed by atoms with Gasteiger partial charge in [0.2, 0.25) is 5.91 Å². The van der Waals surface area contributed by atoms with E-state index in [2.05, 4.69) is 34.6 Å². The maximum Gasteiger partial charge on any atom is 0.230 e. The molecular formula is C16H22N4O2S. The second kappa shape index (κ2) is 9.32. The molecular weight excluding hydrogens is 312 g/mol. The third-order valence-electron chi connectivity index (χ3n) is 3.43. The van der Waals surface area contributed by atoms with E-state index in [0.29, 0.717) is 25.4 Å². The first-order chi connectivity index (χ1) is 11.2. The lowest BCUT2D eigenvalue weighted by Gasteiger charge is -2.08. The van der Waals surface area contributed by atoms with Crippen LogP contribution in [0.15, 0.2) is 35.7 Å². The molecule has 1 aromatic carbocycles. The van der Waals surface area contributed by atoms with Gasteiger partial charge in [-0.3, -0.25) is 4.79 Å². The molecule has 23 heavy (non-hydrogen) atoms. The first-order valence-corrected chi connectivity index (χ1v) is 8.50. The number of nitrogens with zero attached hydrogens (tertiary/aromatic N) is 3. The number of aromatic nitrogens is 3. The minimum absolute atomic E-state index is 0.00451. The molecule has 1 aromatic heterocycles. The summed E-state index contributed by atoms with van der Waals surface area (Å²) in [6.45, 7) is 4.00. The second-order valence-electron chi connectivity index (χ2n) is 5.11. The Hall–Kier alpha value is -1.86. The summed E-state index contributed by atoms with van der Waals surface area (Å²) in [7, 11) is 1.65. The molecule has 2 aromatic rings. The summed E-state index contributed by atoms with van der Waals surface area (Å²) in [6.07, 6.45) is 2.49. The molecule has 124 valence electrons. The van der Waals surface area contributed by atoms with Crippen molar-refractivity contribution >= 4 is 17.7 Å². The van der Waals surface area contributed by atoms with Gasteiger partial charge in [0.05, 0.1) is 12.4 Å². The van der Waals surface area contributed by atoms with Crippen molar-refractivity contribution in [3.8, 4) is 0 Å². The molecule has 6 nitrogen and oxygen atoms in total. The van der Waals surface area contributed by atoms with Gasteiger partial charge in [-0.05, 0) is 24.5 Å². The zero-order valence-electron chi connectivity index (χ0n) is 13.5. The molecule has 7 heteroatoms. The lowest BCUT2D eigenvalue weighted by molar-refractivity contribution is -0.118. The molecule has 1 amide bonds. The Morgan fingerprint density at radius 2 is 2.22 bits per heavy atom. The Bertz CT molecular complexity index is 630. The zero-order chi connectivity index (χ0) is 16.5. The molecule has 0 saturated heterocycles. The number of ether oxygens (including phenoxy) is 1. The molecule has 1 heterocycles. The van der Waals surface area contributed by atoms with Crippen molar-refractivity contribution in [3.05, 3.63) is 41.7 Å². The largest absolute Gasteiger partial charge is 0.383 e. The highest BCUT2D eigenvalue weighted by Crippen LogP contribution is 2.14. The number of carbonyl (C=O) groups is 1. The van der Waals surface area contributed by atoms with E-state index in [9.17, 15) is 4.79 Å². The Labute approximate surface area is 140 Å². The Morgan fingerprint density at radius 1 is 1.39 bits per heavy atom. The van der Waals surface area contributed by atoms with E-state index in [4.69, 9.17) is 4.74 Å². The molecule has 0 saturated carbocycles. The van der Waals surface area contributed by atoms with Gasteiger partial charge in [-0.15, -0.1) is 10.2 Å². The minimum Gasteiger partial charge on any atom is -0.383 e. The fraction of sp³-hybridized carbons (Fsp3) is 0.438. The predicted octanol–water partition coefficient (Wildman–Crippen LogP) is 1.68. The van der Waals surface area contributed by atoms with Crippen LogP contribution in [0.25, 0.3) is 0 Å². The number of hydrogen-bond acceptors (Lipinski definition) is 5. The fourth-order valence-corrected chi connectivity index (χ4v) is 2.88. The first kappa shape index (κ1) is 17.5. The third-order valence-corrected chi connectivity index (χ3v) is 4.41. The van der Waals surface area contributed by atoms with Crippen LogP contribution in [-0.4, -0.2) is 46.7 Å². The van der Waals surface area contributed by atoms with E-state index in [0.717, 1.165) is 11.6 Å². The highest BCUT2D eigenvalue weighted by Gasteiger charge is 2.08. The van der Waals surface area contributed by atoms with E-state index in [-0.39, 0.29) is 5.91 Å². The highest BCUT2D eigenvalue weighted by atomic mass is 32.2. The summed E-state index contributed by atoms with van der Waals surface area (Å²) in [5.74, 6) is 0.337. The smallest absolute Gasteiger partial charge is 0.230 e. The third kappa shape index (κ3) is 5.69. The average molecular weight is 334 g/mol. The maximum atomic E-state index is 11.9. The van der Waals surface area contributed by atoms with Crippen LogP contribution in [0.2, 0.25) is 0 Å². The second-order valence-corrected chi connectivity index (χ2v) is 6.06. The molecule has 0 unspecified atom stereocenters. The number of thioether (sulfide) groups is 1. The highest BCUT2D eigenvalue weighted by molar-refractivity contribution is 7.99. The molecule has 0 radical (unpaired) electrons. The van der Waals surface area contributed by atoms with Crippen molar-refractivity contribution in [2.75, 3.05) is 26.0 Å². The first-order valence-electron chi connectivity index (χ1n) is 7.51. The number of carbonyl (C=O) groups excluding carboxylic acids is 1. The lowest BCUT2D eigenvalue weighted by Crippen LogP contribution is -2.27.